The predicted molar refractivity (Wildman–Crippen MR) is 63.7 cm³/mol. The standard InChI is InChI=1S/C13H16NO2/c1-10(15-2)7-9-16-12-5-3-4-11-6-8-14-13(11)12/h3-5,8,10,14H,7,9H2,1-2H3. The van der Waals surface area contributed by atoms with Crippen molar-refractivity contribution in [2.45, 2.75) is 19.4 Å². The Morgan fingerprint density at radius 2 is 2.31 bits per heavy atom. The molecule has 1 N–H and O–H groups in total. The Bertz CT molecular complexity index is 450. The van der Waals surface area contributed by atoms with E-state index in [1.54, 1.807) is 13.3 Å². The monoisotopic (exact) mass is 218 g/mol. The minimum absolute atomic E-state index is 0.231. The lowest BCUT2D eigenvalue weighted by Crippen LogP contribution is -2.10. The summed E-state index contributed by atoms with van der Waals surface area (Å²) in [6.07, 6.45) is 2.92. The van der Waals surface area contributed by atoms with Crippen LogP contribution in [-0.4, -0.2) is 24.8 Å². The maximum absolute atomic E-state index is 5.72. The fourth-order valence-corrected chi connectivity index (χ4v) is 1.56. The summed E-state index contributed by atoms with van der Waals surface area (Å²) in [7, 11) is 1.71. The van der Waals surface area contributed by atoms with Gasteiger partial charge in [-0.05, 0) is 13.0 Å². The van der Waals surface area contributed by atoms with Gasteiger partial charge in [0, 0.05) is 31.2 Å². The Hall–Kier alpha value is -1.48. The van der Waals surface area contributed by atoms with Crippen molar-refractivity contribution >= 4 is 10.9 Å². The first kappa shape index (κ1) is 11.0. The van der Waals surface area contributed by atoms with Gasteiger partial charge in [0.2, 0.25) is 0 Å². The van der Waals surface area contributed by atoms with Crippen LogP contribution < -0.4 is 4.74 Å². The first-order valence-corrected chi connectivity index (χ1v) is 5.44. The summed E-state index contributed by atoms with van der Waals surface area (Å²) < 4.78 is 10.9. The molecule has 16 heavy (non-hydrogen) atoms. The van der Waals surface area contributed by atoms with Crippen molar-refractivity contribution in [1.29, 1.82) is 0 Å². The Morgan fingerprint density at radius 1 is 1.44 bits per heavy atom. The van der Waals surface area contributed by atoms with Crippen LogP contribution in [0.15, 0.2) is 24.4 Å². The van der Waals surface area contributed by atoms with Gasteiger partial charge in [0.05, 0.1) is 18.2 Å². The molecule has 0 spiro atoms. The second kappa shape index (κ2) is 5.03. The largest absolute Gasteiger partial charge is 0.491 e. The minimum Gasteiger partial charge on any atom is -0.491 e. The topological polar surface area (TPSA) is 34.2 Å². The van der Waals surface area contributed by atoms with Crippen molar-refractivity contribution in [3.63, 3.8) is 0 Å². The molecule has 1 unspecified atom stereocenters. The first-order chi connectivity index (χ1) is 7.81. The van der Waals surface area contributed by atoms with Gasteiger partial charge in [-0.3, -0.25) is 0 Å². The molecule has 1 atom stereocenters. The Balaban J connectivity index is 2.01. The minimum atomic E-state index is 0.231. The van der Waals surface area contributed by atoms with Crippen molar-refractivity contribution in [3.8, 4) is 5.75 Å². The Morgan fingerprint density at radius 3 is 3.12 bits per heavy atom. The molecule has 2 rings (SSSR count). The molecule has 85 valence electrons. The Kier molecular flexibility index (Phi) is 3.47. The maximum Gasteiger partial charge on any atom is 0.143 e. The number of methoxy groups -OCH3 is 1. The van der Waals surface area contributed by atoms with Gasteiger partial charge in [-0.25, -0.2) is 0 Å². The van der Waals surface area contributed by atoms with E-state index in [-0.39, 0.29) is 6.10 Å². The number of hydrogen-bond acceptors (Lipinski definition) is 2. The van der Waals surface area contributed by atoms with E-state index in [9.17, 15) is 0 Å². The summed E-state index contributed by atoms with van der Waals surface area (Å²) in [4.78, 5) is 3.13. The molecule has 3 heteroatoms. The van der Waals surface area contributed by atoms with Crippen LogP contribution in [0.25, 0.3) is 10.9 Å². The molecule has 2 aromatic rings. The highest BCUT2D eigenvalue weighted by atomic mass is 16.5. The van der Waals surface area contributed by atoms with E-state index < -0.39 is 0 Å². The summed E-state index contributed by atoms with van der Waals surface area (Å²) in [5.41, 5.74) is 1.01. The quantitative estimate of drug-likeness (QED) is 0.837. The van der Waals surface area contributed by atoms with Crippen LogP contribution >= 0.6 is 0 Å². The van der Waals surface area contributed by atoms with Gasteiger partial charge in [-0.15, -0.1) is 0 Å². The molecule has 1 heterocycles. The molecule has 0 aliphatic heterocycles. The van der Waals surface area contributed by atoms with E-state index in [2.05, 4.69) is 11.1 Å². The molecular weight excluding hydrogens is 202 g/mol. The van der Waals surface area contributed by atoms with Crippen LogP contribution in [0.3, 0.4) is 0 Å². The zero-order chi connectivity index (χ0) is 11.4. The molecule has 0 fully saturated rings. The van der Waals surface area contributed by atoms with Gasteiger partial charge in [0.15, 0.2) is 0 Å². The zero-order valence-electron chi connectivity index (χ0n) is 9.62. The molecular formula is C13H16NO2. The Labute approximate surface area is 95.4 Å². The molecule has 0 aliphatic carbocycles. The van der Waals surface area contributed by atoms with Crippen LogP contribution in [-0.2, 0) is 4.74 Å². The number of ether oxygens (including phenoxy) is 2. The highest BCUT2D eigenvalue weighted by Gasteiger charge is 2.04. The number of fused-ring (bicyclic) bond motifs is 1. The van der Waals surface area contributed by atoms with Gasteiger partial charge in [-0.1, -0.05) is 12.1 Å². The lowest BCUT2D eigenvalue weighted by atomic mass is 10.2. The molecule has 1 radical (unpaired) electrons. The summed E-state index contributed by atoms with van der Waals surface area (Å²) in [6.45, 7) is 2.69. The summed E-state index contributed by atoms with van der Waals surface area (Å²) >= 11 is 0. The van der Waals surface area contributed by atoms with Crippen LogP contribution in [0.2, 0.25) is 0 Å². The second-order valence-electron chi connectivity index (χ2n) is 3.80. The number of para-hydroxylation sites is 1. The molecule has 0 saturated carbocycles. The van der Waals surface area contributed by atoms with Gasteiger partial charge < -0.3 is 14.5 Å². The van der Waals surface area contributed by atoms with E-state index >= 15 is 0 Å². The second-order valence-corrected chi connectivity index (χ2v) is 3.80. The molecule has 0 saturated heterocycles. The van der Waals surface area contributed by atoms with Gasteiger partial charge >= 0.3 is 0 Å². The third kappa shape index (κ3) is 2.36. The van der Waals surface area contributed by atoms with Crippen molar-refractivity contribution < 1.29 is 9.47 Å². The fraction of sp³-hybridized carbons (Fsp3) is 0.385. The first-order valence-electron chi connectivity index (χ1n) is 5.44. The van der Waals surface area contributed by atoms with Crippen molar-refractivity contribution in [3.05, 3.63) is 30.5 Å². The van der Waals surface area contributed by atoms with E-state index in [1.165, 1.54) is 0 Å². The van der Waals surface area contributed by atoms with Gasteiger partial charge in [-0.2, -0.15) is 0 Å². The van der Waals surface area contributed by atoms with Gasteiger partial charge in [0.1, 0.15) is 5.75 Å². The normalized spacial score (nSPS) is 12.9. The van der Waals surface area contributed by atoms with Crippen LogP contribution in [0.4, 0.5) is 0 Å². The van der Waals surface area contributed by atoms with E-state index in [0.717, 1.165) is 23.1 Å². The number of nitrogens with one attached hydrogen (secondary N) is 1. The van der Waals surface area contributed by atoms with Crippen LogP contribution in [0.5, 0.6) is 5.75 Å². The highest BCUT2D eigenvalue weighted by molar-refractivity contribution is 5.84. The summed E-state index contributed by atoms with van der Waals surface area (Å²) in [5.74, 6) is 0.877. The van der Waals surface area contributed by atoms with Crippen LogP contribution in [0, 0.1) is 6.07 Å². The highest BCUT2D eigenvalue weighted by Crippen LogP contribution is 2.23. The third-order valence-corrected chi connectivity index (χ3v) is 2.65. The number of benzene rings is 1. The molecule has 1 aromatic carbocycles. The maximum atomic E-state index is 5.72. The summed E-state index contributed by atoms with van der Waals surface area (Å²) in [5, 5.41) is 1.05. The SMILES string of the molecule is COC(C)CCOc1cccc2[c]c[nH]c12. The molecule has 0 bridgehead atoms. The number of hydrogen-bond donors (Lipinski definition) is 1. The van der Waals surface area contributed by atoms with E-state index in [1.807, 2.05) is 25.1 Å². The molecule has 1 aromatic heterocycles. The third-order valence-electron chi connectivity index (χ3n) is 2.65. The number of H-pyrrole nitrogens is 1. The number of rotatable bonds is 5. The number of aromatic amines is 1. The van der Waals surface area contributed by atoms with Crippen molar-refractivity contribution in [2.24, 2.45) is 0 Å². The lowest BCUT2D eigenvalue weighted by Gasteiger charge is -2.11. The molecule has 3 nitrogen and oxygen atoms in total. The molecule has 0 aliphatic rings. The molecule has 0 amide bonds. The number of aromatic nitrogens is 1. The van der Waals surface area contributed by atoms with Gasteiger partial charge in [0.25, 0.3) is 0 Å². The van der Waals surface area contributed by atoms with Crippen molar-refractivity contribution in [2.75, 3.05) is 13.7 Å². The zero-order valence-corrected chi connectivity index (χ0v) is 9.62. The van der Waals surface area contributed by atoms with Crippen LogP contribution in [0.1, 0.15) is 13.3 Å². The predicted octanol–water partition coefficient (Wildman–Crippen LogP) is 2.77. The fourth-order valence-electron chi connectivity index (χ4n) is 1.56. The smallest absolute Gasteiger partial charge is 0.143 e. The average Bonchev–Trinajstić information content (AvgIpc) is 2.77. The van der Waals surface area contributed by atoms with Crippen molar-refractivity contribution in [1.82, 2.24) is 4.98 Å². The average molecular weight is 218 g/mol. The lowest BCUT2D eigenvalue weighted by molar-refractivity contribution is 0.0958. The van der Waals surface area contributed by atoms with E-state index in [4.69, 9.17) is 9.47 Å². The summed E-state index contributed by atoms with van der Waals surface area (Å²) in [6, 6.07) is 9.06. The van der Waals surface area contributed by atoms with E-state index in [0.29, 0.717) is 6.61 Å².